The number of esters is 1. The highest BCUT2D eigenvalue weighted by Crippen LogP contribution is 2.60. The Kier molecular flexibility index (Phi) is 3.89. The molecule has 2 atom stereocenters. The summed E-state index contributed by atoms with van der Waals surface area (Å²) in [6.07, 6.45) is 3.34. The highest BCUT2D eigenvalue weighted by molar-refractivity contribution is 5.81. The lowest BCUT2D eigenvalue weighted by atomic mass is 10.1. The van der Waals surface area contributed by atoms with Gasteiger partial charge in [0.25, 0.3) is 0 Å². The van der Waals surface area contributed by atoms with Crippen LogP contribution in [0, 0.1) is 17.3 Å². The normalized spacial score (nSPS) is 27.3. The number of ether oxygens (including phenoxy) is 1. The van der Waals surface area contributed by atoms with Crippen LogP contribution in [0.2, 0.25) is 0 Å². The van der Waals surface area contributed by atoms with E-state index in [4.69, 9.17) is 9.94 Å². The largest absolute Gasteiger partial charge is 0.460 e. The molecule has 0 saturated heterocycles. The summed E-state index contributed by atoms with van der Waals surface area (Å²) >= 11 is 0. The van der Waals surface area contributed by atoms with Gasteiger partial charge in [-0.15, -0.1) is 0 Å². The first-order valence-electron chi connectivity index (χ1n) is 6.18. The average Bonchev–Trinajstić information content (AvgIpc) is 2.65. The molecule has 1 rings (SSSR count). The first-order valence-corrected chi connectivity index (χ1v) is 6.18. The van der Waals surface area contributed by atoms with Crippen molar-refractivity contribution in [1.29, 1.82) is 0 Å². The molecule has 1 fully saturated rings. The molecule has 1 saturated carbocycles. The molecule has 0 aromatic heterocycles. The van der Waals surface area contributed by atoms with E-state index in [-0.39, 0.29) is 23.2 Å². The monoisotopic (exact) mass is 253 g/mol. The van der Waals surface area contributed by atoms with E-state index >= 15 is 0 Å². The van der Waals surface area contributed by atoms with E-state index in [9.17, 15) is 4.79 Å². The van der Waals surface area contributed by atoms with Crippen molar-refractivity contribution in [2.45, 2.75) is 47.1 Å². The fourth-order valence-electron chi connectivity index (χ4n) is 2.22. The molecule has 0 amide bonds. The zero-order valence-corrected chi connectivity index (χ0v) is 12.0. The molecule has 0 aromatic carbocycles. The van der Waals surface area contributed by atoms with Gasteiger partial charge in [0.2, 0.25) is 0 Å². The molecule has 0 radical (unpaired) electrons. The van der Waals surface area contributed by atoms with Crippen LogP contribution < -0.4 is 0 Å². The van der Waals surface area contributed by atoms with Gasteiger partial charge in [-0.05, 0) is 44.6 Å². The molecule has 1 aliphatic carbocycles. The molecule has 102 valence electrons. The zero-order valence-electron chi connectivity index (χ0n) is 12.0. The van der Waals surface area contributed by atoms with Gasteiger partial charge in [0.1, 0.15) is 5.60 Å². The van der Waals surface area contributed by atoms with Crippen LogP contribution in [-0.2, 0) is 9.53 Å². The molecule has 0 bridgehead atoms. The van der Waals surface area contributed by atoms with Crippen molar-refractivity contribution in [2.24, 2.45) is 22.4 Å². The van der Waals surface area contributed by atoms with E-state index in [1.807, 2.05) is 47.6 Å². The number of hydrogen-bond acceptors (Lipinski definition) is 4. The number of nitrogens with zero attached hydrogens (tertiary/aromatic N) is 1. The highest BCUT2D eigenvalue weighted by Gasteiger charge is 2.61. The maximum Gasteiger partial charge on any atom is 0.310 e. The molecule has 0 spiro atoms. The summed E-state index contributed by atoms with van der Waals surface area (Å²) in [5, 5.41) is 11.4. The summed E-state index contributed by atoms with van der Waals surface area (Å²) in [7, 11) is 0. The molecule has 1 aliphatic rings. The maximum atomic E-state index is 12.1. The number of oxime groups is 1. The molecule has 4 nitrogen and oxygen atoms in total. The maximum absolute atomic E-state index is 12.1. The third-order valence-corrected chi connectivity index (χ3v) is 3.28. The van der Waals surface area contributed by atoms with Gasteiger partial charge in [-0.25, -0.2) is 0 Å². The predicted molar refractivity (Wildman–Crippen MR) is 70.6 cm³/mol. The van der Waals surface area contributed by atoms with E-state index in [2.05, 4.69) is 5.16 Å². The van der Waals surface area contributed by atoms with Crippen molar-refractivity contribution < 1.29 is 14.7 Å². The second kappa shape index (κ2) is 4.75. The molecule has 0 aliphatic heterocycles. The number of hydrogen-bond donors (Lipinski definition) is 1. The lowest BCUT2D eigenvalue weighted by molar-refractivity contribution is -0.157. The summed E-state index contributed by atoms with van der Waals surface area (Å²) in [4.78, 5) is 12.1. The highest BCUT2D eigenvalue weighted by atomic mass is 16.6. The van der Waals surface area contributed by atoms with Crippen LogP contribution in [0.25, 0.3) is 0 Å². The van der Waals surface area contributed by atoms with Gasteiger partial charge in [-0.3, -0.25) is 4.79 Å². The van der Waals surface area contributed by atoms with E-state index in [0.29, 0.717) is 0 Å². The van der Waals surface area contributed by atoms with E-state index in [1.54, 1.807) is 0 Å². The smallest absolute Gasteiger partial charge is 0.310 e. The Balaban J connectivity index is 2.75. The van der Waals surface area contributed by atoms with Crippen LogP contribution >= 0.6 is 0 Å². The molecular weight excluding hydrogens is 230 g/mol. The van der Waals surface area contributed by atoms with Crippen molar-refractivity contribution in [3.63, 3.8) is 0 Å². The van der Waals surface area contributed by atoms with Crippen LogP contribution in [0.15, 0.2) is 16.8 Å². The van der Waals surface area contributed by atoms with Crippen LogP contribution in [0.3, 0.4) is 0 Å². The fourth-order valence-corrected chi connectivity index (χ4v) is 2.22. The minimum absolute atomic E-state index is 0.0904. The summed E-state index contributed by atoms with van der Waals surface area (Å²) < 4.78 is 5.42. The Bertz CT molecular complexity index is 388. The molecule has 0 heterocycles. The van der Waals surface area contributed by atoms with Crippen LogP contribution in [0.1, 0.15) is 41.5 Å². The van der Waals surface area contributed by atoms with Crippen molar-refractivity contribution in [3.8, 4) is 0 Å². The lowest BCUT2D eigenvalue weighted by Crippen LogP contribution is -2.26. The molecule has 2 unspecified atom stereocenters. The summed E-state index contributed by atoms with van der Waals surface area (Å²) in [5.41, 5.74) is 0.306. The Morgan fingerprint density at radius 3 is 2.39 bits per heavy atom. The number of carbonyl (C=O) groups excluding carboxylic acids is 1. The topological polar surface area (TPSA) is 58.9 Å². The van der Waals surface area contributed by atoms with E-state index < -0.39 is 5.60 Å². The van der Waals surface area contributed by atoms with Gasteiger partial charge in [0, 0.05) is 0 Å². The van der Waals surface area contributed by atoms with Crippen LogP contribution in [0.5, 0.6) is 0 Å². The van der Waals surface area contributed by atoms with Crippen molar-refractivity contribution in [3.05, 3.63) is 11.6 Å². The average molecular weight is 253 g/mol. The van der Waals surface area contributed by atoms with E-state index in [1.165, 1.54) is 6.21 Å². The molecule has 4 heteroatoms. The van der Waals surface area contributed by atoms with Crippen LogP contribution in [0.4, 0.5) is 0 Å². The third-order valence-electron chi connectivity index (χ3n) is 3.28. The fraction of sp³-hybridized carbons (Fsp3) is 0.714. The SMILES string of the molecule is CC(=C/C1C(C(=O)OC(C)(C)C)C1(C)C)/C=N/O. The summed E-state index contributed by atoms with van der Waals surface area (Å²) in [5.74, 6) is -0.119. The third kappa shape index (κ3) is 3.34. The zero-order chi connectivity index (χ0) is 14.1. The minimum Gasteiger partial charge on any atom is -0.460 e. The number of allylic oxidation sites excluding steroid dienone is 2. The van der Waals surface area contributed by atoms with Gasteiger partial charge in [0.15, 0.2) is 0 Å². The number of carbonyl (C=O) groups is 1. The Hall–Kier alpha value is -1.32. The quantitative estimate of drug-likeness (QED) is 0.364. The van der Waals surface area contributed by atoms with Gasteiger partial charge in [-0.2, -0.15) is 0 Å². The first kappa shape index (κ1) is 14.7. The van der Waals surface area contributed by atoms with Crippen LogP contribution in [-0.4, -0.2) is 23.0 Å². The standard InChI is InChI=1S/C14H23NO3/c1-9(8-15-17)7-10-11(14(10,5)6)12(16)18-13(2,3)4/h7-8,10-11,17H,1-6H3/b9-7-,15-8+. The van der Waals surface area contributed by atoms with Crippen molar-refractivity contribution >= 4 is 12.2 Å². The van der Waals surface area contributed by atoms with Crippen molar-refractivity contribution in [2.75, 3.05) is 0 Å². The summed E-state index contributed by atoms with van der Waals surface area (Å²) in [6, 6.07) is 0. The van der Waals surface area contributed by atoms with Gasteiger partial charge < -0.3 is 9.94 Å². The Morgan fingerprint density at radius 2 is 1.94 bits per heavy atom. The Labute approximate surface area is 109 Å². The van der Waals surface area contributed by atoms with Gasteiger partial charge in [0.05, 0.1) is 12.1 Å². The molecular formula is C14H23NO3. The lowest BCUT2D eigenvalue weighted by Gasteiger charge is -2.19. The van der Waals surface area contributed by atoms with Gasteiger partial charge in [-0.1, -0.05) is 25.1 Å². The predicted octanol–water partition coefficient (Wildman–Crippen LogP) is 3.01. The molecule has 0 aromatic rings. The van der Waals surface area contributed by atoms with Crippen molar-refractivity contribution in [1.82, 2.24) is 0 Å². The number of rotatable bonds is 3. The van der Waals surface area contributed by atoms with Gasteiger partial charge >= 0.3 is 5.97 Å². The molecule has 18 heavy (non-hydrogen) atoms. The molecule has 1 N–H and O–H groups in total. The minimum atomic E-state index is -0.453. The second-order valence-corrected chi connectivity index (χ2v) is 6.51. The van der Waals surface area contributed by atoms with E-state index in [0.717, 1.165) is 5.57 Å². The first-order chi connectivity index (χ1) is 8.09. The summed E-state index contributed by atoms with van der Waals surface area (Å²) in [6.45, 7) is 11.6. The Morgan fingerprint density at radius 1 is 1.39 bits per heavy atom. The second-order valence-electron chi connectivity index (χ2n) is 6.51.